The molecule has 0 bridgehead atoms. The SMILES string of the molecule is CC(=O)Oc1cccc(C(=O)Nc2ccccc2CNC(=O)COc2c(C)ccc(C)c2C)c1. The van der Waals surface area contributed by atoms with E-state index in [0.717, 1.165) is 28.0 Å². The van der Waals surface area contributed by atoms with E-state index in [4.69, 9.17) is 9.47 Å². The van der Waals surface area contributed by atoms with Crippen molar-refractivity contribution in [1.82, 2.24) is 5.32 Å². The number of esters is 1. The molecule has 2 amide bonds. The topological polar surface area (TPSA) is 93.7 Å². The summed E-state index contributed by atoms with van der Waals surface area (Å²) >= 11 is 0. The van der Waals surface area contributed by atoms with Gasteiger partial charge in [-0.05, 0) is 67.3 Å². The van der Waals surface area contributed by atoms with Gasteiger partial charge in [0.05, 0.1) is 0 Å². The van der Waals surface area contributed by atoms with Crippen molar-refractivity contribution in [2.75, 3.05) is 11.9 Å². The van der Waals surface area contributed by atoms with E-state index in [1.165, 1.54) is 13.0 Å². The molecular weight excluding hydrogens is 432 g/mol. The fourth-order valence-electron chi connectivity index (χ4n) is 3.39. The molecule has 3 rings (SSSR count). The lowest BCUT2D eigenvalue weighted by Crippen LogP contribution is -2.29. The van der Waals surface area contributed by atoms with Crippen molar-refractivity contribution in [3.8, 4) is 11.5 Å². The first-order valence-corrected chi connectivity index (χ1v) is 10.9. The van der Waals surface area contributed by atoms with E-state index in [2.05, 4.69) is 10.6 Å². The smallest absolute Gasteiger partial charge is 0.308 e. The Balaban J connectivity index is 1.61. The van der Waals surface area contributed by atoms with Crippen molar-refractivity contribution in [1.29, 1.82) is 0 Å². The average Bonchev–Trinajstić information content (AvgIpc) is 2.80. The van der Waals surface area contributed by atoms with Crippen LogP contribution in [0.3, 0.4) is 0 Å². The molecule has 176 valence electrons. The molecule has 7 nitrogen and oxygen atoms in total. The minimum absolute atomic E-state index is 0.109. The van der Waals surface area contributed by atoms with Crippen LogP contribution in [0.25, 0.3) is 0 Å². The highest BCUT2D eigenvalue weighted by atomic mass is 16.5. The van der Waals surface area contributed by atoms with E-state index in [-0.39, 0.29) is 25.0 Å². The Hall–Kier alpha value is -4.13. The molecule has 0 saturated heterocycles. The first kappa shape index (κ1) is 24.5. The van der Waals surface area contributed by atoms with Crippen LogP contribution >= 0.6 is 0 Å². The van der Waals surface area contributed by atoms with Gasteiger partial charge < -0.3 is 20.1 Å². The normalized spacial score (nSPS) is 10.4. The molecule has 0 saturated carbocycles. The van der Waals surface area contributed by atoms with Gasteiger partial charge in [-0.25, -0.2) is 0 Å². The first-order valence-electron chi connectivity index (χ1n) is 10.9. The first-order chi connectivity index (χ1) is 16.2. The van der Waals surface area contributed by atoms with Crippen LogP contribution in [0.4, 0.5) is 5.69 Å². The lowest BCUT2D eigenvalue weighted by molar-refractivity contribution is -0.131. The van der Waals surface area contributed by atoms with E-state index in [9.17, 15) is 14.4 Å². The predicted octanol–water partition coefficient (Wildman–Crippen LogP) is 4.48. The standard InChI is InChI=1S/C27H28N2O5/c1-17-12-13-18(2)26(19(17)3)33-16-25(31)28-15-22-8-5-6-11-24(22)29-27(32)21-9-7-10-23(14-21)34-20(4)30/h5-14H,15-16H2,1-4H3,(H,28,31)(H,29,32). The highest BCUT2D eigenvalue weighted by Crippen LogP contribution is 2.25. The molecule has 0 radical (unpaired) electrons. The summed E-state index contributed by atoms with van der Waals surface area (Å²) in [5.74, 6) is -0.0778. The average molecular weight is 461 g/mol. The number of ether oxygens (including phenoxy) is 2. The van der Waals surface area contributed by atoms with Crippen molar-refractivity contribution in [3.63, 3.8) is 0 Å². The maximum Gasteiger partial charge on any atom is 0.308 e. The quantitative estimate of drug-likeness (QED) is 0.382. The van der Waals surface area contributed by atoms with Gasteiger partial charge in [0.1, 0.15) is 11.5 Å². The van der Waals surface area contributed by atoms with Gasteiger partial charge >= 0.3 is 5.97 Å². The van der Waals surface area contributed by atoms with Crippen LogP contribution in [-0.2, 0) is 16.1 Å². The Morgan fingerprint density at radius 3 is 2.38 bits per heavy atom. The van der Waals surface area contributed by atoms with Gasteiger partial charge in [0.2, 0.25) is 0 Å². The van der Waals surface area contributed by atoms with Crippen molar-refractivity contribution >= 4 is 23.5 Å². The summed E-state index contributed by atoms with van der Waals surface area (Å²) in [5, 5.41) is 5.68. The molecule has 0 aliphatic carbocycles. The molecule has 2 N–H and O–H groups in total. The second kappa shape index (κ2) is 11.1. The van der Waals surface area contributed by atoms with Gasteiger partial charge in [0.25, 0.3) is 11.8 Å². The zero-order valence-electron chi connectivity index (χ0n) is 19.7. The minimum Gasteiger partial charge on any atom is -0.483 e. The largest absolute Gasteiger partial charge is 0.483 e. The molecule has 3 aromatic rings. The van der Waals surface area contributed by atoms with Gasteiger partial charge in [-0.2, -0.15) is 0 Å². The monoisotopic (exact) mass is 460 g/mol. The molecule has 0 aromatic heterocycles. The number of benzene rings is 3. The van der Waals surface area contributed by atoms with Crippen LogP contribution in [0.5, 0.6) is 11.5 Å². The van der Waals surface area contributed by atoms with E-state index < -0.39 is 5.97 Å². The van der Waals surface area contributed by atoms with Crippen LogP contribution in [0.2, 0.25) is 0 Å². The van der Waals surface area contributed by atoms with Gasteiger partial charge in [-0.3, -0.25) is 14.4 Å². The number of carbonyl (C=O) groups excluding carboxylic acids is 3. The zero-order valence-corrected chi connectivity index (χ0v) is 19.7. The maximum atomic E-state index is 12.7. The summed E-state index contributed by atoms with van der Waals surface area (Å²) < 4.78 is 10.8. The van der Waals surface area contributed by atoms with Crippen LogP contribution in [0, 0.1) is 20.8 Å². The van der Waals surface area contributed by atoms with Crippen LogP contribution < -0.4 is 20.1 Å². The third-order valence-electron chi connectivity index (χ3n) is 5.32. The summed E-state index contributed by atoms with van der Waals surface area (Å²) in [4.78, 5) is 36.3. The molecule has 7 heteroatoms. The summed E-state index contributed by atoms with van der Waals surface area (Å²) in [5.41, 5.74) is 4.74. The Bertz CT molecular complexity index is 1220. The number of carbonyl (C=O) groups is 3. The maximum absolute atomic E-state index is 12.7. The lowest BCUT2D eigenvalue weighted by atomic mass is 10.1. The fraction of sp³-hybridized carbons (Fsp3) is 0.222. The van der Waals surface area contributed by atoms with E-state index in [0.29, 0.717) is 17.0 Å². The van der Waals surface area contributed by atoms with E-state index >= 15 is 0 Å². The van der Waals surface area contributed by atoms with Crippen LogP contribution in [0.15, 0.2) is 60.7 Å². The number of hydrogen-bond acceptors (Lipinski definition) is 5. The van der Waals surface area contributed by atoms with E-state index in [1.807, 2.05) is 45.0 Å². The number of nitrogens with one attached hydrogen (secondary N) is 2. The van der Waals surface area contributed by atoms with Crippen LogP contribution in [0.1, 0.15) is 39.5 Å². The second-order valence-electron chi connectivity index (χ2n) is 7.95. The van der Waals surface area contributed by atoms with Gasteiger partial charge in [-0.15, -0.1) is 0 Å². The van der Waals surface area contributed by atoms with E-state index in [1.54, 1.807) is 30.3 Å². The molecule has 0 atom stereocenters. The van der Waals surface area contributed by atoms with Gasteiger partial charge in [0.15, 0.2) is 6.61 Å². The molecule has 0 aliphatic heterocycles. The summed E-state index contributed by atoms with van der Waals surface area (Å²) in [6, 6.07) is 17.5. The van der Waals surface area contributed by atoms with Crippen LogP contribution in [-0.4, -0.2) is 24.4 Å². The van der Waals surface area contributed by atoms with Crippen molar-refractivity contribution in [3.05, 3.63) is 88.5 Å². The van der Waals surface area contributed by atoms with Crippen molar-refractivity contribution in [2.24, 2.45) is 0 Å². The Morgan fingerprint density at radius 2 is 1.62 bits per heavy atom. The number of anilines is 1. The van der Waals surface area contributed by atoms with Crippen molar-refractivity contribution in [2.45, 2.75) is 34.2 Å². The molecule has 34 heavy (non-hydrogen) atoms. The van der Waals surface area contributed by atoms with Gasteiger partial charge in [0, 0.05) is 24.7 Å². The number of aryl methyl sites for hydroxylation is 2. The molecule has 0 fully saturated rings. The number of amides is 2. The number of para-hydroxylation sites is 1. The molecular formula is C27H28N2O5. The Labute approximate surface area is 199 Å². The highest BCUT2D eigenvalue weighted by molar-refractivity contribution is 6.05. The summed E-state index contributed by atoms with van der Waals surface area (Å²) in [6.45, 7) is 7.32. The summed E-state index contributed by atoms with van der Waals surface area (Å²) in [6.07, 6.45) is 0. The molecule has 0 aliphatic rings. The molecule has 0 unspecified atom stereocenters. The third kappa shape index (κ3) is 6.45. The predicted molar refractivity (Wildman–Crippen MR) is 130 cm³/mol. The van der Waals surface area contributed by atoms with Gasteiger partial charge in [-0.1, -0.05) is 36.4 Å². The number of hydrogen-bond donors (Lipinski definition) is 2. The fourth-order valence-corrected chi connectivity index (χ4v) is 3.39. The second-order valence-corrected chi connectivity index (χ2v) is 7.95. The Morgan fingerprint density at radius 1 is 0.882 bits per heavy atom. The minimum atomic E-state index is -0.463. The van der Waals surface area contributed by atoms with Crippen molar-refractivity contribution < 1.29 is 23.9 Å². The molecule has 0 spiro atoms. The third-order valence-corrected chi connectivity index (χ3v) is 5.32. The molecule has 0 heterocycles. The zero-order chi connectivity index (χ0) is 24.7. The molecule has 3 aromatic carbocycles. The summed E-state index contributed by atoms with van der Waals surface area (Å²) in [7, 11) is 0. The number of rotatable bonds is 8. The Kier molecular flexibility index (Phi) is 8.03. The highest BCUT2D eigenvalue weighted by Gasteiger charge is 2.13. The lowest BCUT2D eigenvalue weighted by Gasteiger charge is -2.15.